The van der Waals surface area contributed by atoms with Crippen molar-refractivity contribution in [3.63, 3.8) is 0 Å². The molecule has 286 valence electrons. The fourth-order valence-electron chi connectivity index (χ4n) is 9.05. The molecule has 0 aliphatic carbocycles. The van der Waals surface area contributed by atoms with Gasteiger partial charge in [0.2, 0.25) is 0 Å². The molecule has 61 heavy (non-hydrogen) atoms. The van der Waals surface area contributed by atoms with Crippen LogP contribution in [-0.2, 0) is 0 Å². The van der Waals surface area contributed by atoms with Gasteiger partial charge in [0, 0.05) is 44.0 Å². The first-order valence-electron chi connectivity index (χ1n) is 20.7. The van der Waals surface area contributed by atoms with Gasteiger partial charge in [0.1, 0.15) is 22.3 Å². The highest BCUT2D eigenvalue weighted by molar-refractivity contribution is 6.11. The van der Waals surface area contributed by atoms with Gasteiger partial charge in [0.05, 0.1) is 5.69 Å². The standard InChI is InChI=1S/C58H37NO2/c1-3-13-38(14-4-1)41-19-11-20-47(33-41)59(46-29-25-40(26-30-46)48-22-12-23-51-49-21-9-10-24-55(49)61-58(48)51)54-32-28-44(34-52(54)39-15-5-2-6-16-39)45-27-31-50-53-35-42-17-7-8-18-43(42)36-57(53)60-56(50)37-45/h1-37H. The fourth-order valence-corrected chi connectivity index (χ4v) is 9.05. The summed E-state index contributed by atoms with van der Waals surface area (Å²) in [4.78, 5) is 2.39. The third-order valence-corrected chi connectivity index (χ3v) is 12.0. The van der Waals surface area contributed by atoms with Crippen LogP contribution in [0.4, 0.5) is 17.1 Å². The van der Waals surface area contributed by atoms with Gasteiger partial charge in [-0.2, -0.15) is 0 Å². The summed E-state index contributed by atoms with van der Waals surface area (Å²) in [6.45, 7) is 0. The van der Waals surface area contributed by atoms with E-state index in [1.807, 2.05) is 12.1 Å². The van der Waals surface area contributed by atoms with Crippen LogP contribution >= 0.6 is 0 Å². The highest BCUT2D eigenvalue weighted by Gasteiger charge is 2.21. The Morgan fingerprint density at radius 3 is 1.70 bits per heavy atom. The minimum absolute atomic E-state index is 0.880. The first-order valence-corrected chi connectivity index (χ1v) is 20.7. The smallest absolute Gasteiger partial charge is 0.143 e. The van der Waals surface area contributed by atoms with Crippen LogP contribution in [0.15, 0.2) is 233 Å². The van der Waals surface area contributed by atoms with Gasteiger partial charge >= 0.3 is 0 Å². The number of hydrogen-bond acceptors (Lipinski definition) is 3. The largest absolute Gasteiger partial charge is 0.456 e. The van der Waals surface area contributed by atoms with Crippen molar-refractivity contribution in [2.75, 3.05) is 4.90 Å². The van der Waals surface area contributed by atoms with Crippen molar-refractivity contribution in [2.45, 2.75) is 0 Å². The summed E-state index contributed by atoms with van der Waals surface area (Å²) in [5.41, 5.74) is 15.7. The summed E-state index contributed by atoms with van der Waals surface area (Å²) in [5, 5.41) is 6.89. The van der Waals surface area contributed by atoms with E-state index in [4.69, 9.17) is 8.83 Å². The SMILES string of the molecule is c1ccc(-c2cccc(N(c3ccc(-c4cccc5c4oc4ccccc45)cc3)c3ccc(-c4ccc5c(c4)oc4cc6ccccc6cc45)cc3-c3ccccc3)c2)cc1. The lowest BCUT2D eigenvalue weighted by Gasteiger charge is -2.29. The number of para-hydroxylation sites is 2. The Morgan fingerprint density at radius 1 is 0.279 bits per heavy atom. The minimum atomic E-state index is 0.880. The Morgan fingerprint density at radius 2 is 0.869 bits per heavy atom. The number of anilines is 3. The van der Waals surface area contributed by atoms with Crippen LogP contribution in [-0.4, -0.2) is 0 Å². The van der Waals surface area contributed by atoms with Crippen molar-refractivity contribution in [1.82, 2.24) is 0 Å². The minimum Gasteiger partial charge on any atom is -0.456 e. The molecule has 0 aliphatic heterocycles. The lowest BCUT2D eigenvalue weighted by molar-refractivity contribution is 0.669. The first-order chi connectivity index (χ1) is 30.2. The molecule has 0 unspecified atom stereocenters. The molecule has 12 rings (SSSR count). The molecule has 0 bridgehead atoms. The summed E-state index contributed by atoms with van der Waals surface area (Å²) >= 11 is 0. The molecule has 3 nitrogen and oxygen atoms in total. The van der Waals surface area contributed by atoms with Crippen LogP contribution in [0.1, 0.15) is 0 Å². The molecule has 0 N–H and O–H groups in total. The zero-order chi connectivity index (χ0) is 40.3. The molecule has 12 aromatic rings. The van der Waals surface area contributed by atoms with Gasteiger partial charge in [-0.05, 0) is 111 Å². The van der Waals surface area contributed by atoms with E-state index in [0.717, 1.165) is 99.9 Å². The van der Waals surface area contributed by atoms with Gasteiger partial charge in [-0.1, -0.05) is 158 Å². The Hall–Kier alpha value is -8.14. The van der Waals surface area contributed by atoms with Crippen molar-refractivity contribution in [2.24, 2.45) is 0 Å². The highest BCUT2D eigenvalue weighted by atomic mass is 16.3. The van der Waals surface area contributed by atoms with Crippen molar-refractivity contribution in [3.05, 3.63) is 224 Å². The second kappa shape index (κ2) is 14.3. The van der Waals surface area contributed by atoms with E-state index in [1.54, 1.807) is 0 Å². The molecule has 10 aromatic carbocycles. The lowest BCUT2D eigenvalue weighted by atomic mass is 9.95. The molecular weight excluding hydrogens is 743 g/mol. The van der Waals surface area contributed by atoms with E-state index in [9.17, 15) is 0 Å². The van der Waals surface area contributed by atoms with Crippen LogP contribution in [0.3, 0.4) is 0 Å². The summed E-state index contributed by atoms with van der Waals surface area (Å²) in [6.07, 6.45) is 0. The summed E-state index contributed by atoms with van der Waals surface area (Å²) in [7, 11) is 0. The zero-order valence-corrected chi connectivity index (χ0v) is 33.1. The predicted octanol–water partition coefficient (Wildman–Crippen LogP) is 16.8. The Bertz CT molecular complexity index is 3580. The predicted molar refractivity (Wildman–Crippen MR) is 255 cm³/mol. The molecule has 2 heterocycles. The molecule has 0 saturated carbocycles. The van der Waals surface area contributed by atoms with Crippen LogP contribution in [0.5, 0.6) is 0 Å². The maximum atomic E-state index is 6.53. The van der Waals surface area contributed by atoms with E-state index in [-0.39, 0.29) is 0 Å². The van der Waals surface area contributed by atoms with Gasteiger partial charge in [0.25, 0.3) is 0 Å². The summed E-state index contributed by atoms with van der Waals surface area (Å²) in [5.74, 6) is 0. The fraction of sp³-hybridized carbons (Fsp3) is 0. The lowest BCUT2D eigenvalue weighted by Crippen LogP contribution is -2.11. The number of rotatable bonds is 7. The summed E-state index contributed by atoms with van der Waals surface area (Å²) in [6, 6.07) is 80.0. The maximum absolute atomic E-state index is 6.53. The Balaban J connectivity index is 1.01. The van der Waals surface area contributed by atoms with Gasteiger partial charge in [-0.3, -0.25) is 0 Å². The molecule has 0 amide bonds. The molecule has 0 aliphatic rings. The van der Waals surface area contributed by atoms with Gasteiger partial charge < -0.3 is 13.7 Å². The molecule has 0 fully saturated rings. The van der Waals surface area contributed by atoms with Gasteiger partial charge in [-0.15, -0.1) is 0 Å². The molecule has 0 saturated heterocycles. The van der Waals surface area contributed by atoms with E-state index < -0.39 is 0 Å². The van der Waals surface area contributed by atoms with Crippen LogP contribution in [0.2, 0.25) is 0 Å². The van der Waals surface area contributed by atoms with E-state index in [2.05, 4.69) is 217 Å². The van der Waals surface area contributed by atoms with E-state index in [1.165, 1.54) is 16.3 Å². The van der Waals surface area contributed by atoms with Gasteiger partial charge in [-0.25, -0.2) is 0 Å². The maximum Gasteiger partial charge on any atom is 0.143 e. The van der Waals surface area contributed by atoms with Crippen molar-refractivity contribution in [1.29, 1.82) is 0 Å². The third kappa shape index (κ3) is 6.06. The average Bonchev–Trinajstić information content (AvgIpc) is 3.89. The number of nitrogens with zero attached hydrogens (tertiary/aromatic N) is 1. The molecule has 0 atom stereocenters. The molecule has 0 radical (unpaired) electrons. The monoisotopic (exact) mass is 779 g/mol. The number of benzene rings is 10. The summed E-state index contributed by atoms with van der Waals surface area (Å²) < 4.78 is 13.0. The van der Waals surface area contributed by atoms with Crippen molar-refractivity contribution >= 4 is 71.7 Å². The topological polar surface area (TPSA) is 29.5 Å². The van der Waals surface area contributed by atoms with Crippen molar-refractivity contribution in [3.8, 4) is 44.5 Å². The second-order valence-corrected chi connectivity index (χ2v) is 15.7. The average molecular weight is 780 g/mol. The quantitative estimate of drug-likeness (QED) is 0.161. The Kier molecular flexibility index (Phi) is 8.17. The van der Waals surface area contributed by atoms with E-state index >= 15 is 0 Å². The molecular formula is C58H37NO2. The Labute approximate surface area is 353 Å². The van der Waals surface area contributed by atoms with Crippen molar-refractivity contribution < 1.29 is 8.83 Å². The number of furan rings is 2. The highest BCUT2D eigenvalue weighted by Crippen LogP contribution is 2.45. The zero-order valence-electron chi connectivity index (χ0n) is 33.1. The number of fused-ring (bicyclic) bond motifs is 7. The molecule has 2 aromatic heterocycles. The van der Waals surface area contributed by atoms with E-state index in [0.29, 0.717) is 0 Å². The molecule has 3 heteroatoms. The molecule has 0 spiro atoms. The normalized spacial score (nSPS) is 11.6. The van der Waals surface area contributed by atoms with Crippen LogP contribution in [0, 0.1) is 0 Å². The number of hydrogen-bond donors (Lipinski definition) is 0. The van der Waals surface area contributed by atoms with Crippen LogP contribution < -0.4 is 4.90 Å². The second-order valence-electron chi connectivity index (χ2n) is 15.7. The van der Waals surface area contributed by atoms with Gasteiger partial charge in [0.15, 0.2) is 0 Å². The third-order valence-electron chi connectivity index (χ3n) is 12.0. The van der Waals surface area contributed by atoms with Crippen LogP contribution in [0.25, 0.3) is 99.2 Å². The first kappa shape index (κ1) is 34.9.